The van der Waals surface area contributed by atoms with Crippen molar-refractivity contribution < 1.29 is 24.6 Å². The number of hydrogen-bond donors (Lipinski definition) is 3. The number of hydrogen-bond acceptors (Lipinski definition) is 4. The maximum Gasteiger partial charge on any atom is 0.326 e. The SMILES string of the molecule is NC(=O)CC[C@@H](C(=O)O)N(C(=O)c1ccc(-c2ccccc2)cc1)[C@H](CO)Cc1ccccc1. The minimum Gasteiger partial charge on any atom is -0.480 e. The van der Waals surface area contributed by atoms with Crippen molar-refractivity contribution in [2.24, 2.45) is 5.73 Å². The number of aliphatic carboxylic acids is 1. The number of nitrogens with zero attached hydrogens (tertiary/aromatic N) is 1. The summed E-state index contributed by atoms with van der Waals surface area (Å²) in [7, 11) is 0. The molecule has 0 fully saturated rings. The van der Waals surface area contributed by atoms with Gasteiger partial charge in [-0.3, -0.25) is 9.59 Å². The van der Waals surface area contributed by atoms with Crippen molar-refractivity contribution in [2.75, 3.05) is 6.61 Å². The quantitative estimate of drug-likeness (QED) is 0.406. The Morgan fingerprint density at radius 2 is 1.38 bits per heavy atom. The van der Waals surface area contributed by atoms with Gasteiger partial charge in [0.2, 0.25) is 5.91 Å². The normalized spacial score (nSPS) is 12.5. The van der Waals surface area contributed by atoms with Gasteiger partial charge < -0.3 is 20.8 Å². The molecular formula is C27H28N2O5. The third-order valence-electron chi connectivity index (χ3n) is 5.68. The molecule has 7 nitrogen and oxygen atoms in total. The molecule has 3 rings (SSSR count). The molecule has 0 heterocycles. The average Bonchev–Trinajstić information content (AvgIpc) is 2.86. The highest BCUT2D eigenvalue weighted by Gasteiger charge is 2.35. The fourth-order valence-electron chi connectivity index (χ4n) is 3.94. The lowest BCUT2D eigenvalue weighted by Gasteiger charge is -2.35. The van der Waals surface area contributed by atoms with Crippen LogP contribution in [0.1, 0.15) is 28.8 Å². The Bertz CT molecular complexity index is 1100. The van der Waals surface area contributed by atoms with Crippen LogP contribution in [0.4, 0.5) is 0 Å². The Hall–Kier alpha value is -3.97. The fourth-order valence-corrected chi connectivity index (χ4v) is 3.94. The van der Waals surface area contributed by atoms with E-state index in [0.717, 1.165) is 16.7 Å². The van der Waals surface area contributed by atoms with Crippen LogP contribution in [0.2, 0.25) is 0 Å². The first-order chi connectivity index (χ1) is 16.4. The lowest BCUT2D eigenvalue weighted by Crippen LogP contribution is -2.53. The second-order valence-electron chi connectivity index (χ2n) is 8.04. The Morgan fingerprint density at radius 1 is 0.824 bits per heavy atom. The lowest BCUT2D eigenvalue weighted by atomic mass is 9.98. The predicted molar refractivity (Wildman–Crippen MR) is 129 cm³/mol. The topological polar surface area (TPSA) is 121 Å². The van der Waals surface area contributed by atoms with Gasteiger partial charge in [-0.15, -0.1) is 0 Å². The number of carboxylic acid groups (broad SMARTS) is 1. The summed E-state index contributed by atoms with van der Waals surface area (Å²) in [5.74, 6) is -2.46. The van der Waals surface area contributed by atoms with Crippen molar-refractivity contribution >= 4 is 17.8 Å². The van der Waals surface area contributed by atoms with Gasteiger partial charge in [-0.05, 0) is 41.7 Å². The number of aliphatic hydroxyl groups excluding tert-OH is 1. The molecule has 34 heavy (non-hydrogen) atoms. The number of aliphatic hydroxyl groups is 1. The van der Waals surface area contributed by atoms with Crippen molar-refractivity contribution in [3.63, 3.8) is 0 Å². The molecule has 0 unspecified atom stereocenters. The summed E-state index contributed by atoms with van der Waals surface area (Å²) in [5, 5.41) is 20.1. The summed E-state index contributed by atoms with van der Waals surface area (Å²) < 4.78 is 0. The molecule has 0 bridgehead atoms. The molecule has 4 N–H and O–H groups in total. The molecule has 0 saturated carbocycles. The van der Waals surface area contributed by atoms with Crippen LogP contribution in [0.5, 0.6) is 0 Å². The standard InChI is InChI=1S/C27H28N2O5/c28-25(31)16-15-24(27(33)34)29(23(18-30)17-19-7-3-1-4-8-19)26(32)22-13-11-21(12-14-22)20-9-5-2-6-10-20/h1-14,23-24,30H,15-18H2,(H2,28,31)(H,33,34)/t23-,24-/m0/s1. The van der Waals surface area contributed by atoms with Gasteiger partial charge in [0.05, 0.1) is 12.6 Å². The molecule has 7 heteroatoms. The molecule has 3 aromatic rings. The Labute approximate surface area is 198 Å². The van der Waals surface area contributed by atoms with E-state index in [4.69, 9.17) is 5.73 Å². The largest absolute Gasteiger partial charge is 0.480 e. The summed E-state index contributed by atoms with van der Waals surface area (Å²) in [6, 6.07) is 23.6. The number of primary amides is 1. The van der Waals surface area contributed by atoms with Crippen LogP contribution < -0.4 is 5.73 Å². The number of nitrogens with two attached hydrogens (primary N) is 1. The van der Waals surface area contributed by atoms with E-state index in [1.807, 2.05) is 60.7 Å². The third kappa shape index (κ3) is 6.30. The van der Waals surface area contributed by atoms with E-state index in [2.05, 4.69) is 0 Å². The third-order valence-corrected chi connectivity index (χ3v) is 5.68. The second-order valence-corrected chi connectivity index (χ2v) is 8.04. The van der Waals surface area contributed by atoms with Gasteiger partial charge in [0.1, 0.15) is 6.04 Å². The van der Waals surface area contributed by atoms with E-state index >= 15 is 0 Å². The van der Waals surface area contributed by atoms with Gasteiger partial charge in [0.15, 0.2) is 0 Å². The number of carbonyl (C=O) groups is 3. The first-order valence-electron chi connectivity index (χ1n) is 11.0. The van der Waals surface area contributed by atoms with Crippen molar-refractivity contribution in [1.29, 1.82) is 0 Å². The number of carbonyl (C=O) groups excluding carboxylic acids is 2. The van der Waals surface area contributed by atoms with E-state index in [0.29, 0.717) is 0 Å². The van der Waals surface area contributed by atoms with Crippen molar-refractivity contribution in [2.45, 2.75) is 31.3 Å². The lowest BCUT2D eigenvalue weighted by molar-refractivity contribution is -0.143. The molecule has 176 valence electrons. The number of amides is 2. The monoisotopic (exact) mass is 460 g/mol. The van der Waals surface area contributed by atoms with Crippen LogP contribution in [0.3, 0.4) is 0 Å². The molecule has 0 spiro atoms. The van der Waals surface area contributed by atoms with E-state index in [9.17, 15) is 24.6 Å². The summed E-state index contributed by atoms with van der Waals surface area (Å²) in [4.78, 5) is 38.3. The molecule has 0 radical (unpaired) electrons. The van der Waals surface area contributed by atoms with Gasteiger partial charge in [-0.1, -0.05) is 72.8 Å². The van der Waals surface area contributed by atoms with Crippen LogP contribution in [-0.4, -0.2) is 51.6 Å². The average molecular weight is 461 g/mol. The molecule has 3 aromatic carbocycles. The van der Waals surface area contributed by atoms with Crippen LogP contribution in [0.15, 0.2) is 84.9 Å². The molecule has 0 aromatic heterocycles. The Morgan fingerprint density at radius 3 is 1.91 bits per heavy atom. The molecule has 2 amide bonds. The summed E-state index contributed by atoms with van der Waals surface area (Å²) in [5.41, 5.74) is 8.28. The van der Waals surface area contributed by atoms with Crippen LogP contribution in [0.25, 0.3) is 11.1 Å². The Balaban J connectivity index is 1.96. The fraction of sp³-hybridized carbons (Fsp3) is 0.222. The van der Waals surface area contributed by atoms with Gasteiger partial charge in [-0.25, -0.2) is 4.79 Å². The molecule has 0 saturated heterocycles. The summed E-state index contributed by atoms with van der Waals surface area (Å²) in [6.07, 6.45) is -0.0908. The highest BCUT2D eigenvalue weighted by Crippen LogP contribution is 2.23. The number of carboxylic acids is 1. The zero-order valence-corrected chi connectivity index (χ0v) is 18.7. The highest BCUT2D eigenvalue weighted by atomic mass is 16.4. The molecule has 0 aliphatic heterocycles. The molecule has 0 aliphatic carbocycles. The zero-order chi connectivity index (χ0) is 24.5. The Kier molecular flexibility index (Phi) is 8.54. The first-order valence-corrected chi connectivity index (χ1v) is 11.0. The smallest absolute Gasteiger partial charge is 0.326 e. The zero-order valence-electron chi connectivity index (χ0n) is 18.7. The summed E-state index contributed by atoms with van der Waals surface area (Å²) in [6.45, 7) is -0.441. The van der Waals surface area contributed by atoms with E-state index in [1.165, 1.54) is 4.90 Å². The van der Waals surface area contributed by atoms with Crippen molar-refractivity contribution in [3.05, 3.63) is 96.1 Å². The number of benzene rings is 3. The van der Waals surface area contributed by atoms with Gasteiger partial charge in [0, 0.05) is 12.0 Å². The molecular weight excluding hydrogens is 432 g/mol. The number of rotatable bonds is 11. The van der Waals surface area contributed by atoms with E-state index in [1.54, 1.807) is 24.3 Å². The van der Waals surface area contributed by atoms with Gasteiger partial charge >= 0.3 is 5.97 Å². The first kappa shape index (κ1) is 24.7. The van der Waals surface area contributed by atoms with E-state index in [-0.39, 0.29) is 24.8 Å². The van der Waals surface area contributed by atoms with E-state index < -0.39 is 36.5 Å². The predicted octanol–water partition coefficient (Wildman–Crippen LogP) is 3.12. The minimum atomic E-state index is -1.32. The van der Waals surface area contributed by atoms with Crippen LogP contribution in [0, 0.1) is 0 Å². The van der Waals surface area contributed by atoms with Gasteiger partial charge in [0.25, 0.3) is 5.91 Å². The second kappa shape index (κ2) is 11.8. The van der Waals surface area contributed by atoms with Crippen LogP contribution in [-0.2, 0) is 16.0 Å². The van der Waals surface area contributed by atoms with Gasteiger partial charge in [-0.2, -0.15) is 0 Å². The maximum absolute atomic E-state index is 13.6. The maximum atomic E-state index is 13.6. The van der Waals surface area contributed by atoms with Crippen LogP contribution >= 0.6 is 0 Å². The molecule has 0 aliphatic rings. The highest BCUT2D eigenvalue weighted by molar-refractivity contribution is 5.97. The summed E-state index contributed by atoms with van der Waals surface area (Å²) >= 11 is 0. The molecule has 2 atom stereocenters. The minimum absolute atomic E-state index is 0.149. The van der Waals surface area contributed by atoms with Crippen molar-refractivity contribution in [1.82, 2.24) is 4.90 Å². The van der Waals surface area contributed by atoms with Crippen molar-refractivity contribution in [3.8, 4) is 11.1 Å².